The first-order valence-corrected chi connectivity index (χ1v) is 10.6. The Morgan fingerprint density at radius 3 is 2.72 bits per heavy atom. The summed E-state index contributed by atoms with van der Waals surface area (Å²) < 4.78 is 29.3. The number of carbonyl (C=O) groups excluding carboxylic acids is 1. The summed E-state index contributed by atoms with van der Waals surface area (Å²) in [4.78, 5) is 31.2. The van der Waals surface area contributed by atoms with Crippen LogP contribution in [0.2, 0.25) is 0 Å². The van der Waals surface area contributed by atoms with Gasteiger partial charge in [0.25, 0.3) is 5.91 Å². The predicted octanol–water partition coefficient (Wildman–Crippen LogP) is 4.68. The topological polar surface area (TPSA) is 98.1 Å². The number of aromatic amines is 1. The number of nitrogens with one attached hydrogen (secondary N) is 1. The fraction of sp³-hybridized carbons (Fsp3) is 0.375. The molecule has 3 N–H and O–H groups in total. The lowest BCUT2D eigenvalue weighted by atomic mass is 9.78. The molecule has 1 aromatic carbocycles. The first-order valence-electron chi connectivity index (χ1n) is 10.6. The number of fused-ring (bicyclic) bond motifs is 1. The molecule has 1 aliphatic rings. The molecule has 2 unspecified atom stereocenters. The summed E-state index contributed by atoms with van der Waals surface area (Å²) in [6.45, 7) is 2.22. The van der Waals surface area contributed by atoms with Crippen LogP contribution >= 0.6 is 0 Å². The molecule has 4 rings (SSSR count). The van der Waals surface area contributed by atoms with E-state index in [2.05, 4.69) is 21.6 Å². The van der Waals surface area contributed by atoms with E-state index in [9.17, 15) is 18.4 Å². The fourth-order valence-corrected chi connectivity index (χ4v) is 4.21. The Bertz CT molecular complexity index is 1160. The number of rotatable bonds is 4. The monoisotopic (exact) mass is 443 g/mol. The van der Waals surface area contributed by atoms with Gasteiger partial charge in [-0.05, 0) is 42.9 Å². The number of nitrogens with zero attached hydrogens (tertiary/aromatic N) is 1. The third-order valence-electron chi connectivity index (χ3n) is 5.93. The van der Waals surface area contributed by atoms with Gasteiger partial charge in [-0.3, -0.25) is 14.6 Å². The molecule has 1 fully saturated rings. The number of nitrogens with two attached hydrogens (primary N) is 1. The quantitative estimate of drug-likeness (QED) is 0.612. The average molecular weight is 443 g/mol. The molecule has 1 amide bonds. The van der Waals surface area contributed by atoms with Crippen molar-refractivity contribution in [2.45, 2.75) is 44.9 Å². The number of primary amides is 1. The van der Waals surface area contributed by atoms with Crippen molar-refractivity contribution >= 4 is 16.8 Å². The van der Waals surface area contributed by atoms with E-state index in [-0.39, 0.29) is 16.9 Å². The molecule has 2 heterocycles. The molecule has 6 nitrogen and oxygen atoms in total. The molecular weight excluding hydrogens is 416 g/mol. The van der Waals surface area contributed by atoms with Crippen LogP contribution in [0.3, 0.4) is 0 Å². The van der Waals surface area contributed by atoms with Crippen LogP contribution in [0.1, 0.15) is 61.1 Å². The number of hydrogen-bond acceptors (Lipinski definition) is 4. The van der Waals surface area contributed by atoms with Crippen LogP contribution in [-0.2, 0) is 0 Å². The summed E-state index contributed by atoms with van der Waals surface area (Å²) in [5, 5.41) is 0.293. The van der Waals surface area contributed by atoms with Crippen molar-refractivity contribution in [1.82, 2.24) is 9.97 Å². The lowest BCUT2D eigenvalue weighted by Gasteiger charge is -2.28. The Labute approximate surface area is 184 Å². The molecule has 0 saturated heterocycles. The average Bonchev–Trinajstić information content (AvgIpc) is 2.80. The molecule has 0 bridgehead atoms. The largest absolute Gasteiger partial charge is 0.494 e. The van der Waals surface area contributed by atoms with Crippen LogP contribution in [0.25, 0.3) is 10.9 Å². The van der Waals surface area contributed by atoms with Crippen LogP contribution in [0.5, 0.6) is 5.75 Å². The van der Waals surface area contributed by atoms with Gasteiger partial charge in [0.05, 0.1) is 18.0 Å². The Hall–Kier alpha value is -3.29. The van der Waals surface area contributed by atoms with Gasteiger partial charge in [0.15, 0.2) is 17.0 Å². The maximum absolute atomic E-state index is 12.5. The second-order valence-corrected chi connectivity index (χ2v) is 7.93. The number of methoxy groups -OCH3 is 1. The van der Waals surface area contributed by atoms with Gasteiger partial charge in [-0.15, -0.1) is 0 Å². The maximum Gasteiger partial charge on any atom is 0.268 e. The number of benzene rings is 1. The minimum absolute atomic E-state index is 0.0420. The highest BCUT2D eigenvalue weighted by Crippen LogP contribution is 2.36. The summed E-state index contributed by atoms with van der Waals surface area (Å²) in [7, 11) is 1.29. The summed E-state index contributed by atoms with van der Waals surface area (Å²) in [5.41, 5.74) is 6.79. The Morgan fingerprint density at radius 2 is 2.06 bits per heavy atom. The van der Waals surface area contributed by atoms with Crippen molar-refractivity contribution in [3.05, 3.63) is 69.8 Å². The third kappa shape index (κ3) is 5.12. The predicted molar refractivity (Wildman–Crippen MR) is 119 cm³/mol. The molecule has 0 spiro atoms. The van der Waals surface area contributed by atoms with Crippen molar-refractivity contribution in [1.29, 1.82) is 0 Å². The lowest BCUT2D eigenvalue weighted by Crippen LogP contribution is -2.20. The van der Waals surface area contributed by atoms with Gasteiger partial charge in [-0.25, -0.2) is 4.39 Å². The van der Waals surface area contributed by atoms with E-state index in [0.29, 0.717) is 16.8 Å². The second-order valence-electron chi connectivity index (χ2n) is 7.93. The van der Waals surface area contributed by atoms with Crippen LogP contribution in [0.4, 0.5) is 8.78 Å². The Balaban J connectivity index is 0.000000243. The zero-order valence-electron chi connectivity index (χ0n) is 18.2. The molecule has 2 atom stereocenters. The van der Waals surface area contributed by atoms with Gasteiger partial charge in [0, 0.05) is 18.0 Å². The number of halogens is 2. The lowest BCUT2D eigenvalue weighted by molar-refractivity contribution is 0.0997. The second kappa shape index (κ2) is 10.3. The molecule has 0 aliphatic heterocycles. The van der Waals surface area contributed by atoms with E-state index in [1.54, 1.807) is 12.1 Å². The molecular formula is C24H27F2N3O3. The van der Waals surface area contributed by atoms with Crippen molar-refractivity contribution in [2.75, 3.05) is 7.11 Å². The summed E-state index contributed by atoms with van der Waals surface area (Å²) >= 11 is 0. The van der Waals surface area contributed by atoms with Gasteiger partial charge in [0.1, 0.15) is 5.69 Å². The molecule has 8 heteroatoms. The first kappa shape index (κ1) is 23.4. The number of pyridine rings is 2. The summed E-state index contributed by atoms with van der Waals surface area (Å²) in [6.07, 6.45) is 7.39. The number of ether oxygens (including phenoxy) is 1. The number of H-pyrrole nitrogens is 1. The third-order valence-corrected chi connectivity index (χ3v) is 5.93. The normalized spacial score (nSPS) is 18.0. The van der Waals surface area contributed by atoms with Crippen LogP contribution < -0.4 is 15.9 Å². The Morgan fingerprint density at radius 1 is 1.28 bits per heavy atom. The highest BCUT2D eigenvalue weighted by molar-refractivity contribution is 6.03. The van der Waals surface area contributed by atoms with Gasteiger partial charge < -0.3 is 15.5 Å². The van der Waals surface area contributed by atoms with E-state index in [4.69, 9.17) is 5.73 Å². The van der Waals surface area contributed by atoms with Crippen molar-refractivity contribution in [2.24, 2.45) is 11.7 Å². The molecule has 32 heavy (non-hydrogen) atoms. The van der Waals surface area contributed by atoms with Crippen molar-refractivity contribution in [3.8, 4) is 5.75 Å². The van der Waals surface area contributed by atoms with E-state index in [1.165, 1.54) is 44.7 Å². The molecule has 170 valence electrons. The van der Waals surface area contributed by atoms with Crippen LogP contribution in [0, 0.1) is 17.6 Å². The van der Waals surface area contributed by atoms with Gasteiger partial charge >= 0.3 is 0 Å². The molecule has 3 aromatic rings. The van der Waals surface area contributed by atoms with Crippen molar-refractivity contribution < 1.29 is 18.3 Å². The number of amides is 1. The number of carbonyl (C=O) groups is 1. The van der Waals surface area contributed by atoms with E-state index in [0.717, 1.165) is 30.5 Å². The van der Waals surface area contributed by atoms with Crippen molar-refractivity contribution in [3.63, 3.8) is 0 Å². The molecule has 2 aromatic heterocycles. The highest BCUT2D eigenvalue weighted by atomic mass is 19.2. The van der Waals surface area contributed by atoms with Gasteiger partial charge in [0.2, 0.25) is 5.82 Å². The SMILES string of the molecule is CCC1CCCC(c2cc(=O)c3c(C(N)=O)nccc3[nH]2)C1.COc1cccc(F)c1F. The summed E-state index contributed by atoms with van der Waals surface area (Å²) in [6, 6.07) is 7.14. The fourth-order valence-electron chi connectivity index (χ4n) is 4.21. The minimum atomic E-state index is -0.940. The van der Waals surface area contributed by atoms with Crippen LogP contribution in [0.15, 0.2) is 41.3 Å². The zero-order chi connectivity index (χ0) is 23.3. The van der Waals surface area contributed by atoms with Gasteiger partial charge in [-0.2, -0.15) is 4.39 Å². The first-order chi connectivity index (χ1) is 15.3. The van der Waals surface area contributed by atoms with E-state index in [1.807, 2.05) is 0 Å². The van der Waals surface area contributed by atoms with Gasteiger partial charge in [-0.1, -0.05) is 32.3 Å². The number of hydrogen-bond donors (Lipinski definition) is 2. The smallest absolute Gasteiger partial charge is 0.268 e. The molecule has 1 aliphatic carbocycles. The van der Waals surface area contributed by atoms with Crippen LogP contribution in [-0.4, -0.2) is 23.0 Å². The van der Waals surface area contributed by atoms with E-state index >= 15 is 0 Å². The standard InChI is InChI=1S/C17H21N3O2.C7H6F2O/c1-2-10-4-3-5-11(8-10)13-9-14(21)15-12(20-13)6-7-19-16(15)17(18)22;1-10-6-4-2-3-5(8)7(6)9/h6-7,9-11H,2-5,8H2,1H3,(H2,18,22)(H,20,21);2-4H,1H3. The maximum atomic E-state index is 12.5. The zero-order valence-corrected chi connectivity index (χ0v) is 18.2. The molecule has 1 saturated carbocycles. The number of aromatic nitrogens is 2. The highest BCUT2D eigenvalue weighted by Gasteiger charge is 2.24. The molecule has 0 radical (unpaired) electrons. The summed E-state index contributed by atoms with van der Waals surface area (Å²) in [5.74, 6) is -1.45. The minimum Gasteiger partial charge on any atom is -0.494 e. The van der Waals surface area contributed by atoms with E-state index < -0.39 is 17.5 Å². The Kier molecular flexibility index (Phi) is 7.56.